The molecule has 0 aromatic heterocycles. The molecule has 5 heteroatoms. The number of amides is 1. The van der Waals surface area contributed by atoms with Crippen LogP contribution < -0.4 is 11.1 Å². The number of aryl methyl sites for hydroxylation is 1. The number of hydrogen-bond acceptors (Lipinski definition) is 3. The topological polar surface area (TPSA) is 87.7 Å². The zero-order valence-corrected chi connectivity index (χ0v) is 12.4. The second-order valence-corrected chi connectivity index (χ2v) is 5.63. The van der Waals surface area contributed by atoms with Crippen LogP contribution in [0, 0.1) is 5.41 Å². The molecule has 0 radical (unpaired) electrons. The Morgan fingerprint density at radius 3 is 2.43 bits per heavy atom. The standard InChI is InChI=1S/C16H23N3O2/c1-2-12-6-8-13(9-7-12)18-15(20)16(14(17)19-21)10-4-3-5-11-16/h6-9,21H,2-5,10-11H2,1H3,(H2,17,19)(H,18,20). The Labute approximate surface area is 125 Å². The fourth-order valence-electron chi connectivity index (χ4n) is 2.93. The van der Waals surface area contributed by atoms with Crippen molar-refractivity contribution in [1.82, 2.24) is 0 Å². The molecule has 1 aliphatic carbocycles. The second kappa shape index (κ2) is 6.61. The predicted octanol–water partition coefficient (Wildman–Crippen LogP) is 2.88. The lowest BCUT2D eigenvalue weighted by molar-refractivity contribution is -0.123. The summed E-state index contributed by atoms with van der Waals surface area (Å²) in [5, 5.41) is 15.0. The number of amidine groups is 1. The zero-order valence-electron chi connectivity index (χ0n) is 12.4. The molecule has 0 unspecified atom stereocenters. The molecule has 1 aliphatic rings. The van der Waals surface area contributed by atoms with E-state index in [9.17, 15) is 4.79 Å². The van der Waals surface area contributed by atoms with Gasteiger partial charge in [0.25, 0.3) is 0 Å². The molecular weight excluding hydrogens is 266 g/mol. The van der Waals surface area contributed by atoms with Crippen LogP contribution in [0.5, 0.6) is 0 Å². The average molecular weight is 289 g/mol. The summed E-state index contributed by atoms with van der Waals surface area (Å²) in [6.07, 6.45) is 5.13. The van der Waals surface area contributed by atoms with Gasteiger partial charge >= 0.3 is 0 Å². The predicted molar refractivity (Wildman–Crippen MR) is 83.4 cm³/mol. The van der Waals surface area contributed by atoms with Crippen LogP contribution in [-0.4, -0.2) is 17.0 Å². The number of oxime groups is 1. The minimum atomic E-state index is -0.879. The number of nitrogens with zero attached hydrogens (tertiary/aromatic N) is 1. The van der Waals surface area contributed by atoms with Gasteiger partial charge in [-0.2, -0.15) is 0 Å². The minimum absolute atomic E-state index is 0.0184. The van der Waals surface area contributed by atoms with Crippen LogP contribution in [0.25, 0.3) is 0 Å². The maximum absolute atomic E-state index is 12.7. The van der Waals surface area contributed by atoms with Crippen LogP contribution in [0.4, 0.5) is 5.69 Å². The van der Waals surface area contributed by atoms with Crippen LogP contribution in [0.1, 0.15) is 44.6 Å². The van der Waals surface area contributed by atoms with Crippen LogP contribution >= 0.6 is 0 Å². The molecule has 114 valence electrons. The van der Waals surface area contributed by atoms with Crippen molar-refractivity contribution >= 4 is 17.4 Å². The van der Waals surface area contributed by atoms with Gasteiger partial charge in [-0.05, 0) is 37.0 Å². The van der Waals surface area contributed by atoms with Gasteiger partial charge in [0.15, 0.2) is 5.84 Å². The van der Waals surface area contributed by atoms with Gasteiger partial charge in [-0.1, -0.05) is 43.5 Å². The molecule has 1 amide bonds. The summed E-state index contributed by atoms with van der Waals surface area (Å²) in [6.45, 7) is 2.09. The molecule has 21 heavy (non-hydrogen) atoms. The van der Waals surface area contributed by atoms with E-state index in [0.29, 0.717) is 12.8 Å². The van der Waals surface area contributed by atoms with Gasteiger partial charge in [0.05, 0.1) is 0 Å². The molecule has 0 saturated heterocycles. The summed E-state index contributed by atoms with van der Waals surface area (Å²) in [6, 6.07) is 7.76. The highest BCUT2D eigenvalue weighted by molar-refractivity contribution is 6.11. The highest BCUT2D eigenvalue weighted by Gasteiger charge is 2.43. The summed E-state index contributed by atoms with van der Waals surface area (Å²) in [7, 11) is 0. The Morgan fingerprint density at radius 2 is 1.90 bits per heavy atom. The number of nitrogens with one attached hydrogen (secondary N) is 1. The molecule has 0 aliphatic heterocycles. The van der Waals surface area contributed by atoms with Gasteiger partial charge in [-0.3, -0.25) is 4.79 Å². The summed E-state index contributed by atoms with van der Waals surface area (Å²) >= 11 is 0. The largest absolute Gasteiger partial charge is 0.409 e. The highest BCUT2D eigenvalue weighted by Crippen LogP contribution is 2.37. The van der Waals surface area contributed by atoms with Crippen LogP contribution in [-0.2, 0) is 11.2 Å². The van der Waals surface area contributed by atoms with E-state index in [1.165, 1.54) is 5.56 Å². The molecule has 0 spiro atoms. The first-order valence-corrected chi connectivity index (χ1v) is 7.51. The van der Waals surface area contributed by atoms with E-state index in [1.54, 1.807) is 0 Å². The Hall–Kier alpha value is -2.04. The van der Waals surface area contributed by atoms with Gasteiger partial charge in [0.1, 0.15) is 5.41 Å². The van der Waals surface area contributed by atoms with Crippen molar-refractivity contribution < 1.29 is 10.0 Å². The minimum Gasteiger partial charge on any atom is -0.409 e. The lowest BCUT2D eigenvalue weighted by Gasteiger charge is -2.34. The van der Waals surface area contributed by atoms with E-state index >= 15 is 0 Å². The molecule has 0 bridgehead atoms. The van der Waals surface area contributed by atoms with Gasteiger partial charge in [0, 0.05) is 5.69 Å². The highest BCUT2D eigenvalue weighted by atomic mass is 16.4. The molecule has 0 heterocycles. The number of hydrogen-bond donors (Lipinski definition) is 3. The van der Waals surface area contributed by atoms with Crippen molar-refractivity contribution in [1.29, 1.82) is 0 Å². The third-order valence-corrected chi connectivity index (χ3v) is 4.36. The van der Waals surface area contributed by atoms with E-state index in [4.69, 9.17) is 10.9 Å². The van der Waals surface area contributed by atoms with Gasteiger partial charge in [-0.25, -0.2) is 0 Å². The van der Waals surface area contributed by atoms with Gasteiger partial charge in [-0.15, -0.1) is 0 Å². The summed E-state index contributed by atoms with van der Waals surface area (Å²) in [4.78, 5) is 12.7. The van der Waals surface area contributed by atoms with E-state index in [2.05, 4.69) is 17.4 Å². The Balaban J connectivity index is 2.18. The number of rotatable bonds is 4. The van der Waals surface area contributed by atoms with Crippen LogP contribution in [0.2, 0.25) is 0 Å². The lowest BCUT2D eigenvalue weighted by Crippen LogP contribution is -2.48. The van der Waals surface area contributed by atoms with Crippen molar-refractivity contribution in [2.45, 2.75) is 45.4 Å². The van der Waals surface area contributed by atoms with E-state index in [1.807, 2.05) is 24.3 Å². The number of nitrogens with two attached hydrogens (primary N) is 1. The molecule has 5 nitrogen and oxygen atoms in total. The third kappa shape index (κ3) is 3.17. The van der Waals surface area contributed by atoms with Gasteiger partial charge < -0.3 is 16.3 Å². The fourth-order valence-corrected chi connectivity index (χ4v) is 2.93. The summed E-state index contributed by atoms with van der Waals surface area (Å²) in [5.74, 6) is -0.161. The number of carbonyl (C=O) groups excluding carboxylic acids is 1. The normalized spacial score (nSPS) is 18.2. The monoisotopic (exact) mass is 289 g/mol. The fraction of sp³-hybridized carbons (Fsp3) is 0.500. The Morgan fingerprint density at radius 1 is 1.29 bits per heavy atom. The van der Waals surface area contributed by atoms with Crippen molar-refractivity contribution in [2.24, 2.45) is 16.3 Å². The zero-order chi connectivity index (χ0) is 15.3. The second-order valence-electron chi connectivity index (χ2n) is 5.63. The first-order chi connectivity index (χ1) is 10.1. The SMILES string of the molecule is CCc1ccc(NC(=O)C2(C(N)=NO)CCCCC2)cc1. The van der Waals surface area contributed by atoms with Crippen molar-refractivity contribution in [3.05, 3.63) is 29.8 Å². The van der Waals surface area contributed by atoms with Gasteiger partial charge in [0.2, 0.25) is 5.91 Å². The summed E-state index contributed by atoms with van der Waals surface area (Å²) in [5.41, 5.74) is 6.91. The number of anilines is 1. The van der Waals surface area contributed by atoms with E-state index in [-0.39, 0.29) is 11.7 Å². The molecule has 0 atom stereocenters. The first-order valence-electron chi connectivity index (χ1n) is 7.51. The molecule has 1 aromatic carbocycles. The maximum atomic E-state index is 12.7. The quantitative estimate of drug-likeness (QED) is 0.345. The maximum Gasteiger partial charge on any atom is 0.238 e. The Kier molecular flexibility index (Phi) is 4.83. The molecular formula is C16H23N3O2. The molecule has 1 aromatic rings. The Bertz CT molecular complexity index is 517. The van der Waals surface area contributed by atoms with E-state index in [0.717, 1.165) is 31.4 Å². The molecule has 4 N–H and O–H groups in total. The smallest absolute Gasteiger partial charge is 0.238 e. The third-order valence-electron chi connectivity index (χ3n) is 4.36. The van der Waals surface area contributed by atoms with E-state index < -0.39 is 5.41 Å². The van der Waals surface area contributed by atoms with Crippen LogP contribution in [0.3, 0.4) is 0 Å². The first kappa shape index (κ1) is 15.4. The lowest BCUT2D eigenvalue weighted by atomic mass is 9.72. The molecule has 1 fully saturated rings. The number of carbonyl (C=O) groups is 1. The molecule has 2 rings (SSSR count). The van der Waals surface area contributed by atoms with Crippen molar-refractivity contribution in [2.75, 3.05) is 5.32 Å². The van der Waals surface area contributed by atoms with Crippen molar-refractivity contribution in [3.63, 3.8) is 0 Å². The number of benzene rings is 1. The summed E-state index contributed by atoms with van der Waals surface area (Å²) < 4.78 is 0. The molecule has 1 saturated carbocycles. The average Bonchev–Trinajstić information content (AvgIpc) is 2.55. The van der Waals surface area contributed by atoms with Crippen molar-refractivity contribution in [3.8, 4) is 0 Å². The van der Waals surface area contributed by atoms with Crippen LogP contribution in [0.15, 0.2) is 29.4 Å².